The van der Waals surface area contributed by atoms with Gasteiger partial charge in [-0.1, -0.05) is 35.9 Å². The molecule has 3 aromatic carbocycles. The zero-order chi connectivity index (χ0) is 23.9. The standard InChI is InChI=1S/C22H20ClNO6S3/c23-18-7-13-20(14-8-18)32(27,28)19-9-3-16(4-10-19)17-5-11-21(12-6-17)33(29,30)24-22-2-1-15-31(22,25)26/h3-14,22,24H,1-2,15H2/t22-/m0/s1. The lowest BCUT2D eigenvalue weighted by atomic mass is 10.1. The van der Waals surface area contributed by atoms with Crippen molar-refractivity contribution in [3.63, 3.8) is 0 Å². The summed E-state index contributed by atoms with van der Waals surface area (Å²) < 4.78 is 76.9. The molecule has 1 aliphatic heterocycles. The number of hydrogen-bond acceptors (Lipinski definition) is 6. The van der Waals surface area contributed by atoms with Gasteiger partial charge in [-0.05, 0) is 72.5 Å². The molecule has 0 radical (unpaired) electrons. The number of nitrogens with one attached hydrogen (secondary N) is 1. The molecule has 1 heterocycles. The smallest absolute Gasteiger partial charge is 0.227 e. The van der Waals surface area contributed by atoms with E-state index < -0.39 is 35.1 Å². The first-order valence-corrected chi connectivity index (χ1v) is 15.0. The Morgan fingerprint density at radius 1 is 0.727 bits per heavy atom. The van der Waals surface area contributed by atoms with Gasteiger partial charge >= 0.3 is 0 Å². The van der Waals surface area contributed by atoms with E-state index in [0.29, 0.717) is 22.6 Å². The van der Waals surface area contributed by atoms with Crippen LogP contribution in [0.2, 0.25) is 5.02 Å². The van der Waals surface area contributed by atoms with Gasteiger partial charge in [0.15, 0.2) is 9.84 Å². The fourth-order valence-corrected chi connectivity index (χ4v) is 8.40. The molecule has 174 valence electrons. The average molecular weight is 526 g/mol. The van der Waals surface area contributed by atoms with Gasteiger partial charge in [-0.15, -0.1) is 0 Å². The van der Waals surface area contributed by atoms with Crippen LogP contribution in [0.3, 0.4) is 0 Å². The Bertz CT molecular complexity index is 1480. The highest BCUT2D eigenvalue weighted by Crippen LogP contribution is 2.27. The van der Waals surface area contributed by atoms with Gasteiger partial charge in [0.05, 0.1) is 20.4 Å². The molecule has 4 rings (SSSR count). The lowest BCUT2D eigenvalue weighted by molar-refractivity contribution is 0.559. The van der Waals surface area contributed by atoms with E-state index in [9.17, 15) is 25.3 Å². The van der Waals surface area contributed by atoms with E-state index in [1.165, 1.54) is 48.5 Å². The molecule has 1 N–H and O–H groups in total. The highest BCUT2D eigenvalue weighted by Gasteiger charge is 2.34. The van der Waals surface area contributed by atoms with Crippen molar-refractivity contribution in [1.29, 1.82) is 0 Å². The third-order valence-electron chi connectivity index (χ3n) is 5.40. The zero-order valence-electron chi connectivity index (χ0n) is 17.2. The largest absolute Gasteiger partial charge is 0.241 e. The lowest BCUT2D eigenvalue weighted by Gasteiger charge is -2.13. The van der Waals surface area contributed by atoms with Gasteiger partial charge in [-0.25, -0.2) is 25.3 Å². The van der Waals surface area contributed by atoms with Crippen LogP contribution in [0.1, 0.15) is 12.8 Å². The van der Waals surface area contributed by atoms with Crippen LogP contribution >= 0.6 is 11.6 Å². The lowest BCUT2D eigenvalue weighted by Crippen LogP contribution is -2.37. The van der Waals surface area contributed by atoms with E-state index in [4.69, 9.17) is 11.6 Å². The molecule has 1 saturated heterocycles. The normalized spacial score (nSPS) is 18.3. The molecule has 33 heavy (non-hydrogen) atoms. The molecule has 7 nitrogen and oxygen atoms in total. The van der Waals surface area contributed by atoms with E-state index in [0.717, 1.165) is 0 Å². The molecule has 0 bridgehead atoms. The van der Waals surface area contributed by atoms with Gasteiger partial charge in [-0.3, -0.25) is 0 Å². The number of sulfone groups is 2. The predicted molar refractivity (Wildman–Crippen MR) is 126 cm³/mol. The summed E-state index contributed by atoms with van der Waals surface area (Å²) in [5, 5.41) is -0.660. The molecule has 1 aliphatic rings. The fraction of sp³-hybridized carbons (Fsp3) is 0.182. The second-order valence-electron chi connectivity index (χ2n) is 7.63. The van der Waals surface area contributed by atoms with E-state index in [-0.39, 0.29) is 26.9 Å². The van der Waals surface area contributed by atoms with Crippen molar-refractivity contribution in [3.05, 3.63) is 77.8 Å². The Morgan fingerprint density at radius 2 is 1.18 bits per heavy atom. The molecule has 11 heteroatoms. The summed E-state index contributed by atoms with van der Waals surface area (Å²) in [6.07, 6.45) is 0.684. The summed E-state index contributed by atoms with van der Waals surface area (Å²) in [7, 11) is -11.2. The molecule has 0 spiro atoms. The zero-order valence-corrected chi connectivity index (χ0v) is 20.4. The van der Waals surface area contributed by atoms with Gasteiger partial charge in [0.2, 0.25) is 19.9 Å². The van der Waals surface area contributed by atoms with Gasteiger partial charge in [-0.2, -0.15) is 4.72 Å². The van der Waals surface area contributed by atoms with Gasteiger partial charge < -0.3 is 0 Å². The quantitative estimate of drug-likeness (QED) is 0.525. The maximum atomic E-state index is 12.8. The van der Waals surface area contributed by atoms with Crippen LogP contribution in [0.15, 0.2) is 87.5 Å². The second kappa shape index (κ2) is 8.84. The molecule has 0 saturated carbocycles. The second-order valence-corrected chi connectivity index (χ2v) is 14.0. The van der Waals surface area contributed by atoms with Gasteiger partial charge in [0.25, 0.3) is 0 Å². The minimum absolute atomic E-state index is 0.0249. The molecule has 1 fully saturated rings. The maximum absolute atomic E-state index is 12.8. The third kappa shape index (κ3) is 4.99. The molecule has 0 aromatic heterocycles. The summed E-state index contributed by atoms with van der Waals surface area (Å²) >= 11 is 5.83. The van der Waals surface area contributed by atoms with E-state index in [1.54, 1.807) is 24.3 Å². The molecule has 3 aromatic rings. The number of sulfonamides is 1. The number of halogens is 1. The maximum Gasteiger partial charge on any atom is 0.241 e. The molecule has 0 amide bonds. The molecule has 0 unspecified atom stereocenters. The minimum Gasteiger partial charge on any atom is -0.227 e. The Morgan fingerprint density at radius 3 is 1.64 bits per heavy atom. The van der Waals surface area contributed by atoms with Crippen LogP contribution < -0.4 is 4.72 Å². The average Bonchev–Trinajstić information content (AvgIpc) is 3.11. The fourth-order valence-electron chi connectivity index (χ4n) is 3.57. The third-order valence-corrected chi connectivity index (χ3v) is 11.2. The summed E-state index contributed by atoms with van der Waals surface area (Å²) in [5.41, 5.74) is 1.37. The number of benzene rings is 3. The predicted octanol–water partition coefficient (Wildman–Crippen LogP) is 3.65. The van der Waals surface area contributed by atoms with Crippen LogP contribution in [-0.4, -0.2) is 36.4 Å². The van der Waals surface area contributed by atoms with E-state index in [1.807, 2.05) is 0 Å². The van der Waals surface area contributed by atoms with Crippen LogP contribution in [0, 0.1) is 0 Å². The molecular formula is C22H20ClNO6S3. The highest BCUT2D eigenvalue weighted by molar-refractivity contribution is 7.94. The molecular weight excluding hydrogens is 506 g/mol. The van der Waals surface area contributed by atoms with Crippen molar-refractivity contribution in [2.45, 2.75) is 32.9 Å². The Kier molecular flexibility index (Phi) is 6.41. The first-order valence-electron chi connectivity index (χ1n) is 9.94. The first kappa shape index (κ1) is 23.9. The number of hydrogen-bond donors (Lipinski definition) is 1. The van der Waals surface area contributed by atoms with Crippen molar-refractivity contribution in [1.82, 2.24) is 4.72 Å². The van der Waals surface area contributed by atoms with Crippen molar-refractivity contribution in [2.75, 3.05) is 5.75 Å². The Hall–Kier alpha value is -2.24. The van der Waals surface area contributed by atoms with Crippen LogP contribution in [0.4, 0.5) is 0 Å². The van der Waals surface area contributed by atoms with Crippen molar-refractivity contribution < 1.29 is 25.3 Å². The summed E-state index contributed by atoms with van der Waals surface area (Å²) in [6, 6.07) is 18.1. The minimum atomic E-state index is -3.99. The summed E-state index contributed by atoms with van der Waals surface area (Å²) in [4.78, 5) is 0.205. The Labute approximate surface area is 198 Å². The van der Waals surface area contributed by atoms with Crippen LogP contribution in [0.25, 0.3) is 11.1 Å². The monoisotopic (exact) mass is 525 g/mol. The Balaban J connectivity index is 1.54. The van der Waals surface area contributed by atoms with E-state index in [2.05, 4.69) is 4.72 Å². The topological polar surface area (TPSA) is 114 Å². The summed E-state index contributed by atoms with van der Waals surface area (Å²) in [5.74, 6) is -0.0249. The van der Waals surface area contributed by atoms with Crippen LogP contribution in [-0.2, 0) is 29.7 Å². The highest BCUT2D eigenvalue weighted by atomic mass is 35.5. The first-order chi connectivity index (χ1) is 15.5. The SMILES string of the molecule is O=S(=O)(N[C@@H]1CCCS1(=O)=O)c1ccc(-c2ccc(S(=O)(=O)c3ccc(Cl)cc3)cc2)cc1. The van der Waals surface area contributed by atoms with Crippen molar-refractivity contribution in [2.24, 2.45) is 0 Å². The number of rotatable bonds is 6. The van der Waals surface area contributed by atoms with Crippen molar-refractivity contribution >= 4 is 41.3 Å². The van der Waals surface area contributed by atoms with E-state index >= 15 is 0 Å². The van der Waals surface area contributed by atoms with Gasteiger partial charge in [0.1, 0.15) is 5.37 Å². The molecule has 1 atom stereocenters. The molecule has 0 aliphatic carbocycles. The van der Waals surface area contributed by atoms with Crippen LogP contribution in [0.5, 0.6) is 0 Å². The van der Waals surface area contributed by atoms with Crippen molar-refractivity contribution in [3.8, 4) is 11.1 Å². The summed E-state index contributed by atoms with van der Waals surface area (Å²) in [6.45, 7) is 0. The van der Waals surface area contributed by atoms with Gasteiger partial charge in [0, 0.05) is 5.02 Å².